The molecule has 0 aliphatic heterocycles. The highest BCUT2D eigenvalue weighted by atomic mass is 35.5. The van der Waals surface area contributed by atoms with Crippen LogP contribution in [0.25, 0.3) is 0 Å². The van der Waals surface area contributed by atoms with Crippen molar-refractivity contribution in [3.63, 3.8) is 0 Å². The molecular formula is C16H18ClNO2. The molecule has 0 aromatic heterocycles. The maximum atomic E-state index is 10.7. The third-order valence-corrected chi connectivity index (χ3v) is 4.82. The molecule has 0 atom stereocenters. The van der Waals surface area contributed by atoms with Gasteiger partial charge in [0.15, 0.2) is 0 Å². The van der Waals surface area contributed by atoms with Crippen LogP contribution >= 0.6 is 11.6 Å². The lowest BCUT2D eigenvalue weighted by Gasteiger charge is -2.38. The summed E-state index contributed by atoms with van der Waals surface area (Å²) in [7, 11) is 0. The van der Waals surface area contributed by atoms with Gasteiger partial charge < -0.3 is 4.74 Å². The average molecular weight is 292 g/mol. The van der Waals surface area contributed by atoms with Gasteiger partial charge in [-0.05, 0) is 56.2 Å². The molecule has 0 unspecified atom stereocenters. The SMILES string of the molecule is O=C=NC1(c2cc(Cl)ccc2OCC2CCC2)CCC1. The summed E-state index contributed by atoms with van der Waals surface area (Å²) < 4.78 is 5.98. The first kappa shape index (κ1) is 13.7. The third kappa shape index (κ3) is 2.48. The minimum Gasteiger partial charge on any atom is -0.493 e. The van der Waals surface area contributed by atoms with E-state index in [0.717, 1.165) is 37.2 Å². The number of aliphatic imine (C=N–C) groups is 1. The number of ether oxygens (including phenoxy) is 1. The molecule has 2 aliphatic carbocycles. The first-order valence-corrected chi connectivity index (χ1v) is 7.63. The monoisotopic (exact) mass is 291 g/mol. The van der Waals surface area contributed by atoms with Crippen molar-refractivity contribution in [1.82, 2.24) is 0 Å². The molecular weight excluding hydrogens is 274 g/mol. The number of carbonyl (C=O) groups excluding carboxylic acids is 1. The molecule has 0 spiro atoms. The standard InChI is InChI=1S/C16H18ClNO2/c17-13-5-6-15(20-10-12-3-1-4-12)14(9-13)16(18-11-19)7-2-8-16/h5-6,9,12H,1-4,7-8,10H2. The summed E-state index contributed by atoms with van der Waals surface area (Å²) in [5, 5.41) is 0.656. The smallest absolute Gasteiger partial charge is 0.235 e. The second kappa shape index (κ2) is 5.59. The summed E-state index contributed by atoms with van der Waals surface area (Å²) in [4.78, 5) is 14.8. The van der Waals surface area contributed by atoms with E-state index >= 15 is 0 Å². The minimum absolute atomic E-state index is 0.457. The Balaban J connectivity index is 1.86. The first-order valence-electron chi connectivity index (χ1n) is 7.25. The van der Waals surface area contributed by atoms with E-state index < -0.39 is 5.54 Å². The molecule has 1 aromatic rings. The fourth-order valence-electron chi connectivity index (χ4n) is 2.90. The number of halogens is 1. The number of isocyanates is 1. The summed E-state index contributed by atoms with van der Waals surface area (Å²) in [5.41, 5.74) is 0.487. The van der Waals surface area contributed by atoms with Crippen LogP contribution in [0.1, 0.15) is 44.1 Å². The van der Waals surface area contributed by atoms with Crippen molar-refractivity contribution in [1.29, 1.82) is 0 Å². The molecule has 3 nitrogen and oxygen atoms in total. The zero-order valence-electron chi connectivity index (χ0n) is 11.4. The summed E-state index contributed by atoms with van der Waals surface area (Å²) in [6.07, 6.45) is 8.32. The molecule has 0 radical (unpaired) electrons. The van der Waals surface area contributed by atoms with Gasteiger partial charge in [-0.1, -0.05) is 18.0 Å². The van der Waals surface area contributed by atoms with Gasteiger partial charge in [0.05, 0.1) is 6.61 Å². The molecule has 20 heavy (non-hydrogen) atoms. The van der Waals surface area contributed by atoms with Crippen LogP contribution in [0.2, 0.25) is 5.02 Å². The Morgan fingerprint density at radius 2 is 2.15 bits per heavy atom. The number of nitrogens with zero attached hydrogens (tertiary/aromatic N) is 1. The Hall–Kier alpha value is -1.31. The molecule has 0 N–H and O–H groups in total. The van der Waals surface area contributed by atoms with E-state index in [2.05, 4.69) is 4.99 Å². The van der Waals surface area contributed by atoms with Crippen LogP contribution in [-0.2, 0) is 10.3 Å². The normalized spacial score (nSPS) is 20.4. The Bertz CT molecular complexity index is 543. The Labute approximate surface area is 124 Å². The zero-order valence-corrected chi connectivity index (χ0v) is 12.2. The summed E-state index contributed by atoms with van der Waals surface area (Å²) in [6, 6.07) is 5.62. The van der Waals surface area contributed by atoms with E-state index in [-0.39, 0.29) is 0 Å². The van der Waals surface area contributed by atoms with E-state index in [1.807, 2.05) is 18.2 Å². The molecule has 2 saturated carbocycles. The lowest BCUT2D eigenvalue weighted by Crippen LogP contribution is -2.32. The second-order valence-electron chi connectivity index (χ2n) is 5.84. The highest BCUT2D eigenvalue weighted by molar-refractivity contribution is 6.30. The van der Waals surface area contributed by atoms with Crippen molar-refractivity contribution < 1.29 is 9.53 Å². The van der Waals surface area contributed by atoms with E-state index in [9.17, 15) is 4.79 Å². The predicted octanol–water partition coefficient (Wildman–Crippen LogP) is 4.23. The number of hydrogen-bond acceptors (Lipinski definition) is 3. The molecule has 2 aliphatic rings. The fraction of sp³-hybridized carbons (Fsp3) is 0.562. The van der Waals surface area contributed by atoms with Crippen LogP contribution in [0.3, 0.4) is 0 Å². The topological polar surface area (TPSA) is 38.7 Å². The lowest BCUT2D eigenvalue weighted by atomic mass is 9.72. The van der Waals surface area contributed by atoms with Crippen molar-refractivity contribution in [2.75, 3.05) is 6.61 Å². The lowest BCUT2D eigenvalue weighted by molar-refractivity contribution is 0.171. The van der Waals surface area contributed by atoms with Crippen molar-refractivity contribution in [2.24, 2.45) is 10.9 Å². The molecule has 4 heteroatoms. The Kier molecular flexibility index (Phi) is 3.82. The maximum absolute atomic E-state index is 10.7. The second-order valence-corrected chi connectivity index (χ2v) is 6.27. The predicted molar refractivity (Wildman–Crippen MR) is 77.9 cm³/mol. The van der Waals surface area contributed by atoms with Gasteiger partial charge in [0, 0.05) is 10.6 Å². The zero-order chi connectivity index (χ0) is 14.0. The third-order valence-electron chi connectivity index (χ3n) is 4.58. The van der Waals surface area contributed by atoms with Crippen molar-refractivity contribution in [2.45, 2.75) is 44.1 Å². The highest BCUT2D eigenvalue weighted by Gasteiger charge is 2.41. The van der Waals surface area contributed by atoms with Gasteiger partial charge >= 0.3 is 0 Å². The molecule has 0 saturated heterocycles. The summed E-state index contributed by atoms with van der Waals surface area (Å²) in [5.74, 6) is 1.49. The van der Waals surface area contributed by atoms with Gasteiger partial charge in [0.2, 0.25) is 6.08 Å². The quantitative estimate of drug-likeness (QED) is 0.601. The number of hydrogen-bond donors (Lipinski definition) is 0. The van der Waals surface area contributed by atoms with Gasteiger partial charge in [-0.25, -0.2) is 4.79 Å². The van der Waals surface area contributed by atoms with Crippen LogP contribution in [0, 0.1) is 5.92 Å². The molecule has 0 heterocycles. The van der Waals surface area contributed by atoms with Gasteiger partial charge in [-0.3, -0.25) is 0 Å². The molecule has 106 valence electrons. The van der Waals surface area contributed by atoms with Crippen molar-refractivity contribution in [3.05, 3.63) is 28.8 Å². The van der Waals surface area contributed by atoms with E-state index in [1.54, 1.807) is 6.08 Å². The van der Waals surface area contributed by atoms with E-state index in [0.29, 0.717) is 10.9 Å². The largest absolute Gasteiger partial charge is 0.493 e. The first-order chi connectivity index (χ1) is 9.73. The molecule has 0 amide bonds. The molecule has 0 bridgehead atoms. The Morgan fingerprint density at radius 3 is 2.70 bits per heavy atom. The van der Waals surface area contributed by atoms with Crippen LogP contribution in [0.4, 0.5) is 0 Å². The Morgan fingerprint density at radius 1 is 1.35 bits per heavy atom. The van der Waals surface area contributed by atoms with Crippen LogP contribution in [0.15, 0.2) is 23.2 Å². The van der Waals surface area contributed by atoms with Gasteiger partial charge in [0.25, 0.3) is 0 Å². The van der Waals surface area contributed by atoms with Gasteiger partial charge in [-0.2, -0.15) is 4.99 Å². The molecule has 2 fully saturated rings. The van der Waals surface area contributed by atoms with Crippen molar-refractivity contribution >= 4 is 17.7 Å². The summed E-state index contributed by atoms with van der Waals surface area (Å²) >= 11 is 6.11. The number of benzene rings is 1. The maximum Gasteiger partial charge on any atom is 0.235 e. The highest BCUT2D eigenvalue weighted by Crippen LogP contribution is 2.48. The molecule has 1 aromatic carbocycles. The van der Waals surface area contributed by atoms with Crippen molar-refractivity contribution in [3.8, 4) is 5.75 Å². The molecule has 3 rings (SSSR count). The number of rotatable bonds is 5. The van der Waals surface area contributed by atoms with E-state index in [4.69, 9.17) is 16.3 Å². The van der Waals surface area contributed by atoms with Gasteiger partial charge in [0.1, 0.15) is 11.3 Å². The summed E-state index contributed by atoms with van der Waals surface area (Å²) in [6.45, 7) is 0.746. The van der Waals surface area contributed by atoms with Crippen LogP contribution < -0.4 is 4.74 Å². The minimum atomic E-state index is -0.457. The fourth-order valence-corrected chi connectivity index (χ4v) is 3.07. The van der Waals surface area contributed by atoms with Crippen LogP contribution in [0.5, 0.6) is 5.75 Å². The average Bonchev–Trinajstić information content (AvgIpc) is 2.33. The van der Waals surface area contributed by atoms with Crippen LogP contribution in [-0.4, -0.2) is 12.7 Å². The van der Waals surface area contributed by atoms with E-state index in [1.165, 1.54) is 19.3 Å². The van der Waals surface area contributed by atoms with Gasteiger partial charge in [-0.15, -0.1) is 0 Å².